The standard InChI is InChI=1S/C24H26N2O3S2/c1-18-8-6-7-9-21(18)17-30-15-14-25-24(27)20-13-12-19(2)23(16-20)31(28,29)26-22-10-4-3-5-11-22/h3-13,16,26H,14-15,17H2,1-2H3,(H,25,27). The van der Waals surface area contributed by atoms with Crippen molar-refractivity contribution in [3.8, 4) is 0 Å². The number of para-hydroxylation sites is 1. The van der Waals surface area contributed by atoms with E-state index in [-0.39, 0.29) is 10.8 Å². The summed E-state index contributed by atoms with van der Waals surface area (Å²) in [6.45, 7) is 4.31. The molecule has 1 amide bonds. The third-order valence-corrected chi connectivity index (χ3v) is 7.35. The van der Waals surface area contributed by atoms with Crippen molar-refractivity contribution in [2.45, 2.75) is 24.5 Å². The molecule has 162 valence electrons. The SMILES string of the molecule is Cc1ccccc1CSCCNC(=O)c1ccc(C)c(S(=O)(=O)Nc2ccccc2)c1. The van der Waals surface area contributed by atoms with Crippen LogP contribution in [0.4, 0.5) is 5.69 Å². The van der Waals surface area contributed by atoms with Crippen LogP contribution < -0.4 is 10.0 Å². The molecule has 3 aromatic carbocycles. The van der Waals surface area contributed by atoms with Crippen molar-refractivity contribution < 1.29 is 13.2 Å². The van der Waals surface area contributed by atoms with Crippen molar-refractivity contribution in [3.05, 3.63) is 95.1 Å². The number of hydrogen-bond acceptors (Lipinski definition) is 4. The predicted octanol–water partition coefficient (Wildman–Crippen LogP) is 4.77. The lowest BCUT2D eigenvalue weighted by Crippen LogP contribution is -2.26. The second-order valence-electron chi connectivity index (χ2n) is 7.19. The molecule has 0 atom stereocenters. The molecule has 0 heterocycles. The molecule has 0 aliphatic carbocycles. The predicted molar refractivity (Wildman–Crippen MR) is 128 cm³/mol. The van der Waals surface area contributed by atoms with Crippen molar-refractivity contribution in [1.82, 2.24) is 5.32 Å². The van der Waals surface area contributed by atoms with E-state index in [1.54, 1.807) is 55.1 Å². The van der Waals surface area contributed by atoms with E-state index in [9.17, 15) is 13.2 Å². The van der Waals surface area contributed by atoms with Gasteiger partial charge in [-0.15, -0.1) is 0 Å². The Hall–Kier alpha value is -2.77. The molecule has 5 nitrogen and oxygen atoms in total. The summed E-state index contributed by atoms with van der Waals surface area (Å²) in [6.07, 6.45) is 0. The van der Waals surface area contributed by atoms with Gasteiger partial charge < -0.3 is 5.32 Å². The van der Waals surface area contributed by atoms with Crippen LogP contribution in [0, 0.1) is 13.8 Å². The van der Waals surface area contributed by atoms with Gasteiger partial charge in [-0.3, -0.25) is 9.52 Å². The van der Waals surface area contributed by atoms with Gasteiger partial charge in [0.15, 0.2) is 0 Å². The number of carbonyl (C=O) groups excluding carboxylic acids is 1. The van der Waals surface area contributed by atoms with Crippen LogP contribution in [0.25, 0.3) is 0 Å². The van der Waals surface area contributed by atoms with Gasteiger partial charge in [-0.05, 0) is 54.8 Å². The van der Waals surface area contributed by atoms with Crippen molar-refractivity contribution in [3.63, 3.8) is 0 Å². The Labute approximate surface area is 188 Å². The molecule has 0 aliphatic heterocycles. The van der Waals surface area contributed by atoms with E-state index in [2.05, 4.69) is 29.1 Å². The van der Waals surface area contributed by atoms with Gasteiger partial charge in [0, 0.05) is 29.3 Å². The summed E-state index contributed by atoms with van der Waals surface area (Å²) < 4.78 is 28.2. The summed E-state index contributed by atoms with van der Waals surface area (Å²) in [5, 5.41) is 2.87. The number of thioether (sulfide) groups is 1. The Morgan fingerprint density at radius 3 is 2.35 bits per heavy atom. The molecule has 31 heavy (non-hydrogen) atoms. The van der Waals surface area contributed by atoms with Crippen molar-refractivity contribution >= 4 is 33.4 Å². The highest BCUT2D eigenvalue weighted by Gasteiger charge is 2.19. The maximum atomic E-state index is 12.8. The fourth-order valence-corrected chi connectivity index (χ4v) is 5.31. The smallest absolute Gasteiger partial charge is 0.262 e. The maximum absolute atomic E-state index is 12.8. The van der Waals surface area contributed by atoms with Gasteiger partial charge in [0.25, 0.3) is 15.9 Å². The first-order chi connectivity index (χ1) is 14.9. The number of carbonyl (C=O) groups is 1. The first kappa shape index (κ1) is 22.9. The van der Waals surface area contributed by atoms with Gasteiger partial charge >= 0.3 is 0 Å². The number of anilines is 1. The molecule has 0 radical (unpaired) electrons. The molecule has 0 saturated heterocycles. The van der Waals surface area contributed by atoms with E-state index >= 15 is 0 Å². The normalized spacial score (nSPS) is 11.2. The molecular formula is C24H26N2O3S2. The van der Waals surface area contributed by atoms with E-state index in [1.807, 2.05) is 18.2 Å². The maximum Gasteiger partial charge on any atom is 0.262 e. The zero-order valence-corrected chi connectivity index (χ0v) is 19.2. The molecule has 7 heteroatoms. The third kappa shape index (κ3) is 6.35. The minimum Gasteiger partial charge on any atom is -0.351 e. The van der Waals surface area contributed by atoms with Gasteiger partial charge in [0.05, 0.1) is 4.90 Å². The van der Waals surface area contributed by atoms with Crippen molar-refractivity contribution in [2.24, 2.45) is 0 Å². The minimum atomic E-state index is -3.80. The lowest BCUT2D eigenvalue weighted by Gasteiger charge is -2.12. The Kier molecular flexibility index (Phi) is 7.76. The lowest BCUT2D eigenvalue weighted by atomic mass is 10.1. The summed E-state index contributed by atoms with van der Waals surface area (Å²) in [7, 11) is -3.80. The average molecular weight is 455 g/mol. The molecule has 0 unspecified atom stereocenters. The summed E-state index contributed by atoms with van der Waals surface area (Å²) in [5.41, 5.74) is 3.92. The van der Waals surface area contributed by atoms with Crippen LogP contribution in [-0.2, 0) is 15.8 Å². The molecule has 2 N–H and O–H groups in total. The van der Waals surface area contributed by atoms with Gasteiger partial charge in [-0.2, -0.15) is 11.8 Å². The second-order valence-corrected chi connectivity index (χ2v) is 9.94. The number of amides is 1. The Morgan fingerprint density at radius 2 is 1.61 bits per heavy atom. The van der Waals surface area contributed by atoms with Crippen molar-refractivity contribution in [2.75, 3.05) is 17.0 Å². The monoisotopic (exact) mass is 454 g/mol. The number of benzene rings is 3. The number of sulfonamides is 1. The second kappa shape index (κ2) is 10.5. The quantitative estimate of drug-likeness (QED) is 0.457. The Balaban J connectivity index is 1.58. The molecule has 0 bridgehead atoms. The van der Waals surface area contributed by atoms with Crippen LogP contribution in [0.2, 0.25) is 0 Å². The molecule has 0 aliphatic rings. The van der Waals surface area contributed by atoms with Gasteiger partial charge in [0.2, 0.25) is 0 Å². The van der Waals surface area contributed by atoms with Crippen LogP contribution in [-0.4, -0.2) is 26.6 Å². The molecule has 3 rings (SSSR count). The van der Waals surface area contributed by atoms with Crippen LogP contribution >= 0.6 is 11.8 Å². The van der Waals surface area contributed by atoms with Crippen LogP contribution in [0.15, 0.2) is 77.7 Å². The largest absolute Gasteiger partial charge is 0.351 e. The summed E-state index contributed by atoms with van der Waals surface area (Å²) >= 11 is 1.75. The first-order valence-electron chi connectivity index (χ1n) is 9.96. The fraction of sp³-hybridized carbons (Fsp3) is 0.208. The number of aryl methyl sites for hydroxylation is 2. The molecular weight excluding hydrogens is 428 g/mol. The molecule has 0 saturated carbocycles. The van der Waals surface area contributed by atoms with Crippen LogP contribution in [0.3, 0.4) is 0 Å². The Morgan fingerprint density at radius 1 is 0.903 bits per heavy atom. The van der Waals surface area contributed by atoms with Gasteiger partial charge in [0.1, 0.15) is 0 Å². The van der Waals surface area contributed by atoms with E-state index in [1.165, 1.54) is 17.2 Å². The zero-order valence-electron chi connectivity index (χ0n) is 17.6. The fourth-order valence-electron chi connectivity index (χ4n) is 3.04. The molecule has 3 aromatic rings. The van der Waals surface area contributed by atoms with Crippen LogP contribution in [0.1, 0.15) is 27.0 Å². The van der Waals surface area contributed by atoms with E-state index in [4.69, 9.17) is 0 Å². The highest BCUT2D eigenvalue weighted by Crippen LogP contribution is 2.21. The first-order valence-corrected chi connectivity index (χ1v) is 12.6. The van der Waals surface area contributed by atoms with Crippen molar-refractivity contribution in [1.29, 1.82) is 0 Å². The molecule has 0 fully saturated rings. The van der Waals surface area contributed by atoms with Crippen LogP contribution in [0.5, 0.6) is 0 Å². The number of nitrogens with one attached hydrogen (secondary N) is 2. The summed E-state index contributed by atoms with van der Waals surface area (Å²) in [6, 6.07) is 21.7. The third-order valence-electron chi connectivity index (χ3n) is 4.82. The van der Waals surface area contributed by atoms with E-state index < -0.39 is 10.0 Å². The minimum absolute atomic E-state index is 0.0953. The van der Waals surface area contributed by atoms with Gasteiger partial charge in [-0.25, -0.2) is 8.42 Å². The number of rotatable bonds is 9. The highest BCUT2D eigenvalue weighted by atomic mass is 32.2. The molecule has 0 aromatic heterocycles. The topological polar surface area (TPSA) is 75.3 Å². The van der Waals surface area contributed by atoms with Gasteiger partial charge in [-0.1, -0.05) is 48.5 Å². The zero-order chi connectivity index (χ0) is 22.3. The summed E-state index contributed by atoms with van der Waals surface area (Å²) in [4.78, 5) is 12.6. The van der Waals surface area contributed by atoms with E-state index in [0.29, 0.717) is 23.4 Å². The highest BCUT2D eigenvalue weighted by molar-refractivity contribution is 7.98. The lowest BCUT2D eigenvalue weighted by molar-refractivity contribution is 0.0956. The Bertz CT molecular complexity index is 1150. The average Bonchev–Trinajstić information content (AvgIpc) is 2.75. The summed E-state index contributed by atoms with van der Waals surface area (Å²) in [5.74, 6) is 1.38. The number of hydrogen-bond donors (Lipinski definition) is 2. The molecule has 0 spiro atoms. The van der Waals surface area contributed by atoms with E-state index in [0.717, 1.165) is 11.5 Å².